The average Bonchev–Trinajstić information content (AvgIpc) is 3.23. The second-order valence-corrected chi connectivity index (χ2v) is 11.5. The van der Waals surface area contributed by atoms with Crippen molar-refractivity contribution in [3.63, 3.8) is 0 Å². The Balaban J connectivity index is 1.17. The van der Waals surface area contributed by atoms with Crippen molar-refractivity contribution in [2.24, 2.45) is 0 Å². The normalized spacial score (nSPS) is 13.4. The van der Waals surface area contributed by atoms with E-state index in [0.29, 0.717) is 23.0 Å². The molecule has 0 bridgehead atoms. The summed E-state index contributed by atoms with van der Waals surface area (Å²) in [7, 11) is 0. The number of aromatic nitrogens is 3. The van der Waals surface area contributed by atoms with Gasteiger partial charge in [0, 0.05) is 16.7 Å². The summed E-state index contributed by atoms with van der Waals surface area (Å²) >= 11 is 0. The molecule has 224 valence electrons. The first-order chi connectivity index (χ1) is 26.7. The van der Waals surface area contributed by atoms with Crippen LogP contribution in [0.2, 0.25) is 0 Å². The number of benzene rings is 8. The highest BCUT2D eigenvalue weighted by Crippen LogP contribution is 2.36. The summed E-state index contributed by atoms with van der Waals surface area (Å²) in [6.45, 7) is 0. The molecule has 0 spiro atoms. The molecule has 0 N–H and O–H groups in total. The van der Waals surface area contributed by atoms with Gasteiger partial charge in [-0.3, -0.25) is 0 Å². The molecule has 0 aliphatic carbocycles. The molecule has 48 heavy (non-hydrogen) atoms. The van der Waals surface area contributed by atoms with Crippen LogP contribution in [-0.2, 0) is 0 Å². The van der Waals surface area contributed by atoms with Gasteiger partial charge < -0.3 is 0 Å². The largest absolute Gasteiger partial charge is 0.208 e. The molecule has 0 atom stereocenters. The van der Waals surface area contributed by atoms with Crippen molar-refractivity contribution in [1.29, 1.82) is 0 Å². The molecule has 1 aromatic heterocycles. The molecule has 0 aliphatic rings. The van der Waals surface area contributed by atoms with Gasteiger partial charge >= 0.3 is 0 Å². The molecule has 0 aliphatic heterocycles. The van der Waals surface area contributed by atoms with E-state index < -0.39 is 24.2 Å². The molecule has 3 heteroatoms. The summed E-state index contributed by atoms with van der Waals surface area (Å²) in [5.41, 5.74) is 5.13. The maximum Gasteiger partial charge on any atom is 0.164 e. The summed E-state index contributed by atoms with van der Waals surface area (Å²) in [5.74, 6) is 1.68. The maximum atomic E-state index is 8.99. The fraction of sp³-hybridized carbons (Fsp3) is 0. The van der Waals surface area contributed by atoms with Gasteiger partial charge in [-0.2, -0.15) is 0 Å². The minimum atomic E-state index is -0.488. The molecular weight excluding hydrogens is 583 g/mol. The SMILES string of the molecule is [2H]c1c([2H])c([2H])c2c([2H])c(-c3ccc4cc(-c5ccccc5-c5nc(-c6ccccc6)nc(-c6cccc7ccccc67)n5)ccc4c3)c([2H])c([2H])c2c1[2H]. The lowest BCUT2D eigenvalue weighted by Crippen LogP contribution is -2.01. The minimum Gasteiger partial charge on any atom is -0.208 e. The van der Waals surface area contributed by atoms with E-state index in [2.05, 4.69) is 24.3 Å². The van der Waals surface area contributed by atoms with E-state index in [1.165, 1.54) is 0 Å². The number of rotatable bonds is 5. The van der Waals surface area contributed by atoms with E-state index in [1.54, 1.807) is 6.07 Å². The number of nitrogens with zero attached hydrogens (tertiary/aromatic N) is 3. The zero-order valence-electron chi connectivity index (χ0n) is 32.5. The van der Waals surface area contributed by atoms with Crippen LogP contribution >= 0.6 is 0 Å². The van der Waals surface area contributed by atoms with Crippen LogP contribution in [0.4, 0.5) is 0 Å². The topological polar surface area (TPSA) is 38.7 Å². The quantitative estimate of drug-likeness (QED) is 0.193. The highest BCUT2D eigenvalue weighted by atomic mass is 15.0. The molecule has 0 fully saturated rings. The fourth-order valence-corrected chi connectivity index (χ4v) is 6.18. The third kappa shape index (κ3) is 5.08. The van der Waals surface area contributed by atoms with E-state index in [1.807, 2.05) is 103 Å². The first-order valence-corrected chi connectivity index (χ1v) is 15.6. The predicted molar refractivity (Wildman–Crippen MR) is 200 cm³/mol. The summed E-state index contributed by atoms with van der Waals surface area (Å²) in [5, 5.41) is 3.70. The highest BCUT2D eigenvalue weighted by Gasteiger charge is 2.17. The molecule has 0 amide bonds. The average molecular weight is 619 g/mol. The standard InChI is InChI=1S/C45H29N3/c1-2-13-32(14-3-1)43-46-44(48-45(47-43)42-20-10-16-31-12-6-7-17-39(31)42)41-19-9-8-18-40(41)38-26-25-36-28-35(23-24-37(36)29-38)34-22-21-30-11-4-5-15-33(30)27-34/h1-29H/i4D,5D,11D,15D,21D,22D,27D. The Morgan fingerprint density at radius 2 is 0.979 bits per heavy atom. The van der Waals surface area contributed by atoms with Crippen molar-refractivity contribution in [3.05, 3.63) is 176 Å². The number of fused-ring (bicyclic) bond motifs is 3. The maximum absolute atomic E-state index is 8.99. The molecule has 0 unspecified atom stereocenters. The number of hydrogen-bond acceptors (Lipinski definition) is 3. The van der Waals surface area contributed by atoms with Gasteiger partial charge in [-0.1, -0.05) is 158 Å². The molecule has 9 aromatic rings. The van der Waals surface area contributed by atoms with Crippen LogP contribution in [0.3, 0.4) is 0 Å². The zero-order valence-corrected chi connectivity index (χ0v) is 25.5. The van der Waals surface area contributed by atoms with Crippen molar-refractivity contribution in [1.82, 2.24) is 15.0 Å². The zero-order chi connectivity index (χ0) is 38.0. The van der Waals surface area contributed by atoms with Crippen LogP contribution in [0, 0.1) is 0 Å². The predicted octanol–water partition coefficient (Wildman–Crippen LogP) is 11.7. The Bertz CT molecular complexity index is 3020. The lowest BCUT2D eigenvalue weighted by atomic mass is 9.94. The Kier molecular flexibility index (Phi) is 5.22. The molecule has 9 rings (SSSR count). The van der Waals surface area contributed by atoms with Crippen LogP contribution in [0.25, 0.3) is 88.7 Å². The van der Waals surface area contributed by atoms with Crippen LogP contribution < -0.4 is 0 Å². The molecule has 3 nitrogen and oxygen atoms in total. The van der Waals surface area contributed by atoms with Gasteiger partial charge in [-0.05, 0) is 72.7 Å². The summed E-state index contributed by atoms with van der Waals surface area (Å²) in [4.78, 5) is 15.1. The van der Waals surface area contributed by atoms with Gasteiger partial charge in [0.25, 0.3) is 0 Å². The summed E-state index contributed by atoms with van der Waals surface area (Å²) in [6.07, 6.45) is 0. The van der Waals surface area contributed by atoms with Crippen LogP contribution in [0.5, 0.6) is 0 Å². The van der Waals surface area contributed by atoms with Crippen molar-refractivity contribution in [2.45, 2.75) is 0 Å². The first kappa shape index (κ1) is 21.4. The summed E-state index contributed by atoms with van der Waals surface area (Å²) in [6, 6.07) is 41.2. The highest BCUT2D eigenvalue weighted by molar-refractivity contribution is 5.97. The molecule has 0 saturated heterocycles. The van der Waals surface area contributed by atoms with Gasteiger partial charge in [0.05, 0.1) is 9.60 Å². The van der Waals surface area contributed by atoms with Gasteiger partial charge in [0.2, 0.25) is 0 Å². The van der Waals surface area contributed by atoms with Crippen molar-refractivity contribution in [2.75, 3.05) is 0 Å². The lowest BCUT2D eigenvalue weighted by molar-refractivity contribution is 1.08. The van der Waals surface area contributed by atoms with Gasteiger partial charge in [-0.25, -0.2) is 15.0 Å². The summed E-state index contributed by atoms with van der Waals surface area (Å²) < 4.78 is 59.5. The van der Waals surface area contributed by atoms with Crippen molar-refractivity contribution < 1.29 is 9.60 Å². The van der Waals surface area contributed by atoms with Crippen LogP contribution in [0.15, 0.2) is 176 Å². The monoisotopic (exact) mass is 618 g/mol. The fourth-order valence-electron chi connectivity index (χ4n) is 6.18. The number of hydrogen-bond donors (Lipinski definition) is 0. The van der Waals surface area contributed by atoms with Gasteiger partial charge in [0.1, 0.15) is 0 Å². The van der Waals surface area contributed by atoms with Crippen molar-refractivity contribution in [3.8, 4) is 56.4 Å². The molecular formula is C45H29N3. The van der Waals surface area contributed by atoms with E-state index in [9.17, 15) is 0 Å². The Morgan fingerprint density at radius 1 is 0.354 bits per heavy atom. The van der Waals surface area contributed by atoms with Crippen LogP contribution in [0.1, 0.15) is 9.60 Å². The van der Waals surface area contributed by atoms with Crippen molar-refractivity contribution >= 4 is 32.3 Å². The Hall–Kier alpha value is -6.45. The lowest BCUT2D eigenvalue weighted by Gasteiger charge is -2.13. The van der Waals surface area contributed by atoms with Gasteiger partial charge in [-0.15, -0.1) is 0 Å². The van der Waals surface area contributed by atoms with E-state index in [4.69, 9.17) is 24.5 Å². The smallest absolute Gasteiger partial charge is 0.164 e. The van der Waals surface area contributed by atoms with E-state index in [0.717, 1.165) is 49.4 Å². The molecule has 8 aromatic carbocycles. The Labute approximate surface area is 288 Å². The third-order valence-electron chi connectivity index (χ3n) is 8.56. The van der Waals surface area contributed by atoms with E-state index in [-0.39, 0.29) is 34.5 Å². The minimum absolute atomic E-state index is 0.0635. The molecule has 0 saturated carbocycles. The second kappa shape index (κ2) is 11.7. The molecule has 0 radical (unpaired) electrons. The van der Waals surface area contributed by atoms with E-state index >= 15 is 0 Å². The first-order valence-electron chi connectivity index (χ1n) is 19.1. The second-order valence-electron chi connectivity index (χ2n) is 11.5. The molecule has 1 heterocycles. The Morgan fingerprint density at radius 3 is 1.83 bits per heavy atom. The van der Waals surface area contributed by atoms with Gasteiger partial charge in [0.15, 0.2) is 17.5 Å². The van der Waals surface area contributed by atoms with Crippen LogP contribution in [-0.4, -0.2) is 15.0 Å². The third-order valence-corrected chi connectivity index (χ3v) is 8.56.